The molecular weight excluding hydrogens is 386 g/mol. The van der Waals surface area contributed by atoms with Crippen molar-refractivity contribution in [2.75, 3.05) is 7.05 Å². The van der Waals surface area contributed by atoms with E-state index in [0.717, 1.165) is 29.6 Å². The maximum Gasteiger partial charge on any atom is 0.246 e. The molecule has 4 aliphatic rings. The summed E-state index contributed by atoms with van der Waals surface area (Å²) in [5.41, 5.74) is 0.697. The molecule has 164 valence electrons. The lowest BCUT2D eigenvalue weighted by atomic mass is 9.47. The van der Waals surface area contributed by atoms with Crippen molar-refractivity contribution < 1.29 is 4.79 Å². The summed E-state index contributed by atoms with van der Waals surface area (Å²) < 4.78 is 0. The summed E-state index contributed by atoms with van der Waals surface area (Å²) >= 11 is 1.96. The van der Waals surface area contributed by atoms with Crippen LogP contribution in [0.3, 0.4) is 0 Å². The summed E-state index contributed by atoms with van der Waals surface area (Å²) in [6, 6.07) is 4.99. The summed E-state index contributed by atoms with van der Waals surface area (Å²) in [4.78, 5) is 15.9. The fourth-order valence-corrected chi connectivity index (χ4v) is 9.51. The molecule has 1 amide bonds. The van der Waals surface area contributed by atoms with Crippen LogP contribution in [0.1, 0.15) is 82.9 Å². The highest BCUT2D eigenvalue weighted by molar-refractivity contribution is 7.10. The third-order valence-electron chi connectivity index (χ3n) is 10.3. The van der Waals surface area contributed by atoms with Gasteiger partial charge in [-0.05, 0) is 104 Å². The average Bonchev–Trinajstić information content (AvgIpc) is 3.37. The molecule has 8 atom stereocenters. The van der Waals surface area contributed by atoms with Crippen molar-refractivity contribution in [3.05, 3.63) is 34.5 Å². The third kappa shape index (κ3) is 2.98. The Bertz CT molecular complexity index is 815. The van der Waals surface area contributed by atoms with Gasteiger partial charge in [0, 0.05) is 23.4 Å². The van der Waals surface area contributed by atoms with E-state index in [9.17, 15) is 4.79 Å². The fourth-order valence-electron chi connectivity index (χ4n) is 8.59. The molecule has 3 aliphatic carbocycles. The van der Waals surface area contributed by atoms with Crippen molar-refractivity contribution in [3.8, 4) is 0 Å². The van der Waals surface area contributed by atoms with Crippen LogP contribution in [-0.2, 0) is 4.79 Å². The monoisotopic (exact) mass is 425 g/mol. The Hall–Kier alpha value is -1.09. The maximum atomic E-state index is 12.3. The quantitative estimate of drug-likeness (QED) is 0.514. The van der Waals surface area contributed by atoms with E-state index in [1.54, 1.807) is 4.88 Å². The molecule has 0 aromatic carbocycles. The van der Waals surface area contributed by atoms with Gasteiger partial charge in [0.15, 0.2) is 0 Å². The number of carbonyl (C=O) groups excluding carboxylic acids is 1. The molecule has 3 heteroatoms. The highest BCUT2D eigenvalue weighted by Gasteiger charge is 2.60. The second-order valence-corrected chi connectivity index (χ2v) is 12.3. The normalized spacial score (nSPS) is 43.8. The van der Waals surface area contributed by atoms with E-state index in [1.807, 2.05) is 29.4 Å². The Labute approximate surface area is 187 Å². The van der Waals surface area contributed by atoms with E-state index in [0.29, 0.717) is 11.5 Å². The molecule has 1 aromatic rings. The highest BCUT2D eigenvalue weighted by atomic mass is 32.1. The zero-order valence-corrected chi connectivity index (χ0v) is 20.1. The summed E-state index contributed by atoms with van der Waals surface area (Å²) in [5.74, 6) is 4.32. The highest BCUT2D eigenvalue weighted by Crippen LogP contribution is 2.66. The maximum absolute atomic E-state index is 12.3. The van der Waals surface area contributed by atoms with Gasteiger partial charge in [0.05, 0.1) is 0 Å². The number of thiophene rings is 1. The Morgan fingerprint density at radius 3 is 2.73 bits per heavy atom. The Morgan fingerprint density at radius 2 is 2.00 bits per heavy atom. The van der Waals surface area contributed by atoms with Gasteiger partial charge in [-0.25, -0.2) is 0 Å². The number of likely N-dealkylation sites (N-methyl/N-ethyl adjacent to an activating group) is 1. The van der Waals surface area contributed by atoms with E-state index in [1.165, 1.54) is 51.4 Å². The molecule has 0 N–H and O–H groups in total. The van der Waals surface area contributed by atoms with Crippen LogP contribution in [0.5, 0.6) is 0 Å². The van der Waals surface area contributed by atoms with E-state index in [4.69, 9.17) is 0 Å². The first-order chi connectivity index (χ1) is 14.4. The molecule has 3 fully saturated rings. The Morgan fingerprint density at radius 1 is 1.17 bits per heavy atom. The smallest absolute Gasteiger partial charge is 0.246 e. The third-order valence-corrected chi connectivity index (χ3v) is 11.4. The van der Waals surface area contributed by atoms with Crippen molar-refractivity contribution in [2.24, 2.45) is 34.5 Å². The van der Waals surface area contributed by atoms with Crippen LogP contribution in [0.4, 0.5) is 0 Å². The summed E-state index contributed by atoms with van der Waals surface area (Å²) in [5, 5.41) is 2.25. The molecule has 2 nitrogen and oxygen atoms in total. The number of fused-ring (bicyclic) bond motifs is 5. The van der Waals surface area contributed by atoms with E-state index in [-0.39, 0.29) is 11.3 Å². The van der Waals surface area contributed by atoms with Gasteiger partial charge in [0.2, 0.25) is 5.91 Å². The summed E-state index contributed by atoms with van der Waals surface area (Å²) in [6.45, 7) is 7.51. The van der Waals surface area contributed by atoms with E-state index < -0.39 is 0 Å². The number of amides is 1. The minimum atomic E-state index is 0.175. The Balaban J connectivity index is 1.38. The van der Waals surface area contributed by atoms with Crippen LogP contribution in [0, 0.1) is 34.5 Å². The standard InChI is InChI=1S/C27H39NOS/c1-5-18(23-7-6-16-30-23)17-19-8-10-21-20-9-11-24-27(3,15-13-25(29)28(24)4)22(20)12-14-26(19,21)2/h6-7,13,15-16,18-22,24H,5,8-12,14,17H2,1-4H3/t18?,19-,20+,21+,22+,24-,26-,27-/m1/s1. The minimum Gasteiger partial charge on any atom is -0.338 e. The zero-order chi connectivity index (χ0) is 21.1. The second-order valence-electron chi connectivity index (χ2n) is 11.3. The summed E-state index contributed by atoms with van der Waals surface area (Å²) in [7, 11) is 2.03. The topological polar surface area (TPSA) is 20.3 Å². The van der Waals surface area contributed by atoms with Gasteiger partial charge in [-0.3, -0.25) is 4.79 Å². The number of nitrogens with zero attached hydrogens (tertiary/aromatic N) is 1. The number of hydrogen-bond acceptors (Lipinski definition) is 2. The second kappa shape index (κ2) is 7.50. The molecule has 1 unspecified atom stereocenters. The number of carbonyl (C=O) groups is 1. The molecule has 0 radical (unpaired) electrons. The molecule has 0 spiro atoms. The van der Waals surface area contributed by atoms with Gasteiger partial charge in [-0.15, -0.1) is 11.3 Å². The van der Waals surface area contributed by atoms with Crippen LogP contribution in [0.2, 0.25) is 0 Å². The predicted molar refractivity (Wildman–Crippen MR) is 126 cm³/mol. The van der Waals surface area contributed by atoms with Crippen LogP contribution < -0.4 is 0 Å². The Kier molecular flexibility index (Phi) is 5.20. The molecule has 30 heavy (non-hydrogen) atoms. The van der Waals surface area contributed by atoms with Crippen molar-refractivity contribution in [1.82, 2.24) is 4.90 Å². The molecule has 0 saturated heterocycles. The number of hydrogen-bond donors (Lipinski definition) is 0. The van der Waals surface area contributed by atoms with Crippen LogP contribution in [0.15, 0.2) is 29.7 Å². The van der Waals surface area contributed by atoms with Gasteiger partial charge in [-0.2, -0.15) is 0 Å². The molecule has 1 aliphatic heterocycles. The van der Waals surface area contributed by atoms with Gasteiger partial charge in [0.25, 0.3) is 0 Å². The molecule has 1 aromatic heterocycles. The minimum absolute atomic E-state index is 0.175. The van der Waals surface area contributed by atoms with E-state index in [2.05, 4.69) is 44.4 Å². The van der Waals surface area contributed by atoms with Crippen LogP contribution in [0.25, 0.3) is 0 Å². The first-order valence-corrected chi connectivity index (χ1v) is 13.3. The SMILES string of the molecule is CCC(C[C@H]1CC[C@H]2[C@@H]3CC[C@H]4N(C)C(=O)C=C[C@]4(C)[C@H]3CC[C@]12C)c1cccs1. The van der Waals surface area contributed by atoms with Crippen molar-refractivity contribution in [2.45, 2.75) is 84.1 Å². The lowest BCUT2D eigenvalue weighted by Crippen LogP contribution is -2.59. The van der Waals surface area contributed by atoms with Gasteiger partial charge < -0.3 is 4.90 Å². The first kappa shape index (κ1) is 20.8. The van der Waals surface area contributed by atoms with E-state index >= 15 is 0 Å². The molecule has 2 heterocycles. The average molecular weight is 426 g/mol. The predicted octanol–water partition coefficient (Wildman–Crippen LogP) is 6.89. The lowest BCUT2D eigenvalue weighted by Gasteiger charge is -2.60. The number of rotatable bonds is 4. The first-order valence-electron chi connectivity index (χ1n) is 12.4. The largest absolute Gasteiger partial charge is 0.338 e. The molecule has 5 rings (SSSR count). The van der Waals surface area contributed by atoms with Crippen molar-refractivity contribution in [1.29, 1.82) is 0 Å². The van der Waals surface area contributed by atoms with Crippen LogP contribution in [-0.4, -0.2) is 23.9 Å². The van der Waals surface area contributed by atoms with Crippen molar-refractivity contribution in [3.63, 3.8) is 0 Å². The molecular formula is C27H39NOS. The van der Waals surface area contributed by atoms with Crippen molar-refractivity contribution >= 4 is 17.2 Å². The summed E-state index contributed by atoms with van der Waals surface area (Å²) in [6.07, 6.45) is 15.0. The molecule has 0 bridgehead atoms. The zero-order valence-electron chi connectivity index (χ0n) is 19.3. The molecule has 3 saturated carbocycles. The van der Waals surface area contributed by atoms with Gasteiger partial charge in [0.1, 0.15) is 0 Å². The lowest BCUT2D eigenvalue weighted by molar-refractivity contribution is -0.138. The fraction of sp³-hybridized carbons (Fsp3) is 0.741. The van der Waals surface area contributed by atoms with Crippen LogP contribution >= 0.6 is 11.3 Å². The van der Waals surface area contributed by atoms with Gasteiger partial charge in [-0.1, -0.05) is 32.9 Å². The van der Waals surface area contributed by atoms with Gasteiger partial charge >= 0.3 is 0 Å².